The van der Waals surface area contributed by atoms with Crippen LogP contribution in [0.2, 0.25) is 0 Å². The van der Waals surface area contributed by atoms with Crippen LogP contribution in [0.1, 0.15) is 12.5 Å². The Morgan fingerprint density at radius 2 is 2.11 bits per heavy atom. The lowest BCUT2D eigenvalue weighted by Crippen LogP contribution is -2.54. The lowest BCUT2D eigenvalue weighted by molar-refractivity contribution is -0.167. The third-order valence-electron chi connectivity index (χ3n) is 3.04. The van der Waals surface area contributed by atoms with E-state index in [1.807, 2.05) is 0 Å². The van der Waals surface area contributed by atoms with Crippen molar-refractivity contribution in [2.45, 2.75) is 19.1 Å². The van der Waals surface area contributed by atoms with Gasteiger partial charge in [0.1, 0.15) is 18.0 Å². The van der Waals surface area contributed by atoms with Crippen LogP contribution in [0.15, 0.2) is 24.3 Å². The van der Waals surface area contributed by atoms with E-state index in [1.165, 1.54) is 12.1 Å². The molecule has 1 saturated heterocycles. The first-order chi connectivity index (χ1) is 8.52. The van der Waals surface area contributed by atoms with E-state index in [2.05, 4.69) is 0 Å². The third kappa shape index (κ3) is 2.86. The molecule has 0 aromatic heterocycles. The highest BCUT2D eigenvalue weighted by Crippen LogP contribution is 2.19. The Morgan fingerprint density at radius 1 is 1.44 bits per heavy atom. The summed E-state index contributed by atoms with van der Waals surface area (Å²) in [6, 6.07) is 6.03. The van der Waals surface area contributed by atoms with Gasteiger partial charge in [-0.05, 0) is 24.6 Å². The van der Waals surface area contributed by atoms with Gasteiger partial charge >= 0.3 is 0 Å². The predicted octanol–water partition coefficient (Wildman–Crippen LogP) is 0.935. The Morgan fingerprint density at radius 3 is 2.72 bits per heavy atom. The molecule has 1 unspecified atom stereocenters. The number of amides is 1. The van der Waals surface area contributed by atoms with E-state index in [0.717, 1.165) is 5.56 Å². The second-order valence-corrected chi connectivity index (χ2v) is 4.77. The molecule has 0 radical (unpaired) electrons. The first-order valence-electron chi connectivity index (χ1n) is 5.79. The molecule has 1 aliphatic heterocycles. The van der Waals surface area contributed by atoms with Gasteiger partial charge in [0.05, 0.1) is 13.2 Å². The summed E-state index contributed by atoms with van der Waals surface area (Å²) in [6.45, 7) is 2.33. The number of hydrogen-bond acceptors (Lipinski definition) is 3. The van der Waals surface area contributed by atoms with Gasteiger partial charge in [-0.2, -0.15) is 0 Å². The van der Waals surface area contributed by atoms with Crippen molar-refractivity contribution in [2.75, 3.05) is 19.8 Å². The fourth-order valence-corrected chi connectivity index (χ4v) is 1.91. The molecule has 0 saturated carbocycles. The fourth-order valence-electron chi connectivity index (χ4n) is 1.91. The number of halogens is 1. The molecule has 1 N–H and O–H groups in total. The van der Waals surface area contributed by atoms with Gasteiger partial charge < -0.3 is 14.7 Å². The second kappa shape index (κ2) is 5.04. The molecule has 1 atom stereocenters. The van der Waals surface area contributed by atoms with Gasteiger partial charge in [0.2, 0.25) is 5.91 Å². The highest BCUT2D eigenvalue weighted by Gasteiger charge is 2.35. The molecule has 1 fully saturated rings. The third-order valence-corrected chi connectivity index (χ3v) is 3.04. The van der Waals surface area contributed by atoms with Gasteiger partial charge in [-0.3, -0.25) is 4.79 Å². The Hall–Kier alpha value is -1.46. The van der Waals surface area contributed by atoms with Gasteiger partial charge in [-0.25, -0.2) is 4.39 Å². The summed E-state index contributed by atoms with van der Waals surface area (Å²) in [5.41, 5.74) is 0.139. The van der Waals surface area contributed by atoms with Crippen molar-refractivity contribution in [3.8, 4) is 0 Å². The minimum atomic E-state index is -0.714. The Balaban J connectivity index is 2.07. The van der Waals surface area contributed by atoms with Crippen LogP contribution in [-0.4, -0.2) is 41.3 Å². The van der Waals surface area contributed by atoms with Crippen LogP contribution < -0.4 is 0 Å². The van der Waals surface area contributed by atoms with Crippen LogP contribution in [0.25, 0.3) is 0 Å². The smallest absolute Gasteiger partial charge is 0.249 e. The minimum Gasteiger partial charge on any atom is -0.393 e. The minimum absolute atomic E-state index is 0.0295. The molecule has 5 heteroatoms. The number of carbonyl (C=O) groups is 1. The maximum Gasteiger partial charge on any atom is 0.249 e. The summed E-state index contributed by atoms with van der Waals surface area (Å²) in [4.78, 5) is 13.3. The normalized spacial score (nSPS) is 24.4. The number of carbonyl (C=O) groups excluding carboxylic acids is 1. The lowest BCUT2D eigenvalue weighted by atomic mass is 10.0. The summed E-state index contributed by atoms with van der Waals surface area (Å²) >= 11 is 0. The molecule has 1 aromatic rings. The number of rotatable bonds is 3. The molecule has 1 aliphatic rings. The van der Waals surface area contributed by atoms with Crippen molar-refractivity contribution in [1.29, 1.82) is 0 Å². The zero-order valence-electron chi connectivity index (χ0n) is 10.2. The predicted molar refractivity (Wildman–Crippen MR) is 63.3 cm³/mol. The largest absolute Gasteiger partial charge is 0.393 e. The molecule has 0 aliphatic carbocycles. The number of nitrogens with zero attached hydrogens (tertiary/aromatic N) is 1. The molecule has 2 rings (SSSR count). The fraction of sp³-hybridized carbons (Fsp3) is 0.462. The van der Waals surface area contributed by atoms with E-state index >= 15 is 0 Å². The standard InChI is InChI=1S/C13H16FNO3/c1-13(9-16)8-15(12(17)7-18-13)6-10-2-4-11(14)5-3-10/h2-5,16H,6-9H2,1H3. The van der Waals surface area contributed by atoms with Crippen molar-refractivity contribution in [3.05, 3.63) is 35.6 Å². The molecule has 1 aromatic carbocycles. The van der Waals surface area contributed by atoms with Crippen molar-refractivity contribution in [1.82, 2.24) is 4.90 Å². The number of aliphatic hydroxyl groups excluding tert-OH is 1. The zero-order valence-corrected chi connectivity index (χ0v) is 10.2. The topological polar surface area (TPSA) is 49.8 Å². The van der Waals surface area contributed by atoms with Gasteiger partial charge in [0, 0.05) is 6.54 Å². The molecule has 18 heavy (non-hydrogen) atoms. The zero-order chi connectivity index (χ0) is 13.2. The molecule has 1 heterocycles. The monoisotopic (exact) mass is 253 g/mol. The van der Waals surface area contributed by atoms with Crippen LogP contribution in [0.5, 0.6) is 0 Å². The lowest BCUT2D eigenvalue weighted by Gasteiger charge is -2.39. The highest BCUT2D eigenvalue weighted by atomic mass is 19.1. The number of hydrogen-bond donors (Lipinski definition) is 1. The van der Waals surface area contributed by atoms with Gasteiger partial charge in [0.15, 0.2) is 0 Å². The maximum absolute atomic E-state index is 12.8. The molecular formula is C13H16FNO3. The van der Waals surface area contributed by atoms with E-state index in [4.69, 9.17) is 4.74 Å². The van der Waals surface area contributed by atoms with E-state index in [1.54, 1.807) is 24.0 Å². The maximum atomic E-state index is 12.8. The van der Waals surface area contributed by atoms with Gasteiger partial charge in [-0.15, -0.1) is 0 Å². The summed E-state index contributed by atoms with van der Waals surface area (Å²) in [5, 5.41) is 9.24. The first-order valence-corrected chi connectivity index (χ1v) is 5.79. The molecule has 0 bridgehead atoms. The van der Waals surface area contributed by atoms with E-state index in [-0.39, 0.29) is 24.9 Å². The van der Waals surface area contributed by atoms with E-state index in [0.29, 0.717) is 13.1 Å². The number of morpholine rings is 1. The molecule has 0 spiro atoms. The van der Waals surface area contributed by atoms with Crippen LogP contribution >= 0.6 is 0 Å². The Labute approximate surface area is 105 Å². The van der Waals surface area contributed by atoms with Crippen LogP contribution in [0.4, 0.5) is 4.39 Å². The molecule has 4 nitrogen and oxygen atoms in total. The van der Waals surface area contributed by atoms with Gasteiger partial charge in [0.25, 0.3) is 0 Å². The van der Waals surface area contributed by atoms with Crippen molar-refractivity contribution < 1.29 is 19.0 Å². The van der Waals surface area contributed by atoms with Crippen molar-refractivity contribution >= 4 is 5.91 Å². The van der Waals surface area contributed by atoms with E-state index < -0.39 is 5.60 Å². The summed E-state index contributed by atoms with van der Waals surface area (Å²) in [6.07, 6.45) is 0. The van der Waals surface area contributed by atoms with Gasteiger partial charge in [-0.1, -0.05) is 12.1 Å². The van der Waals surface area contributed by atoms with Crippen molar-refractivity contribution in [2.24, 2.45) is 0 Å². The average Bonchev–Trinajstić information content (AvgIpc) is 2.37. The molecular weight excluding hydrogens is 237 g/mol. The Bertz CT molecular complexity index is 434. The van der Waals surface area contributed by atoms with E-state index in [9.17, 15) is 14.3 Å². The van der Waals surface area contributed by atoms with Crippen LogP contribution in [0, 0.1) is 5.82 Å². The van der Waals surface area contributed by atoms with Crippen LogP contribution in [-0.2, 0) is 16.1 Å². The number of aliphatic hydroxyl groups is 1. The number of benzene rings is 1. The van der Waals surface area contributed by atoms with Crippen LogP contribution in [0.3, 0.4) is 0 Å². The quantitative estimate of drug-likeness (QED) is 0.872. The summed E-state index contributed by atoms with van der Waals surface area (Å²) < 4.78 is 18.1. The highest BCUT2D eigenvalue weighted by molar-refractivity contribution is 5.78. The summed E-state index contributed by atoms with van der Waals surface area (Å²) in [5.74, 6) is -0.419. The average molecular weight is 253 g/mol. The first kappa shape index (κ1) is 13.0. The molecule has 98 valence electrons. The Kier molecular flexibility index (Phi) is 3.63. The summed E-state index contributed by atoms with van der Waals surface area (Å²) in [7, 11) is 0. The van der Waals surface area contributed by atoms with Crippen molar-refractivity contribution in [3.63, 3.8) is 0 Å². The second-order valence-electron chi connectivity index (χ2n) is 4.77. The molecule has 1 amide bonds. The SMILES string of the molecule is CC1(CO)CN(Cc2ccc(F)cc2)C(=O)CO1. The number of ether oxygens (including phenoxy) is 1.